The van der Waals surface area contributed by atoms with Crippen LogP contribution in [-0.2, 0) is 23.5 Å². The van der Waals surface area contributed by atoms with Crippen LogP contribution in [0.4, 0.5) is 0 Å². The number of aliphatic carboxylic acids is 1. The van der Waals surface area contributed by atoms with Crippen molar-refractivity contribution in [1.29, 1.82) is 0 Å². The standard InChI is InChI=1S/C30H56N3O10P/c1-4-5-6-7-8-9-10-11-12-13-14-15-16-17-26(36)32-30(3,29(39)40)22-43-44(41,42)19-18-33-24(20-31-23(2)35)27(37)28(38)25(33)21-34/h9-10,24-25,27-28,34,37-38H,4-8,11-22H2,1-3H3,(H,31,35)(H,32,36)(H,39,40)(H,41,42)/b10-9-/t24-,25-,27-,28-,30?/m1/s1. The first-order valence-corrected chi connectivity index (χ1v) is 17.7. The first-order valence-electron chi connectivity index (χ1n) is 15.9. The SMILES string of the molecule is CCCCCC/C=C\CCCCCCCC(=O)NC(C)(COP(=O)(O)CCN1[C@H](CO)[C@@H](O)[C@H](O)[C@H]1CNC(C)=O)C(=O)O. The van der Waals surface area contributed by atoms with Crippen LogP contribution in [0.5, 0.6) is 0 Å². The Kier molecular flexibility index (Phi) is 19.2. The molecule has 256 valence electrons. The summed E-state index contributed by atoms with van der Waals surface area (Å²) < 4.78 is 17.9. The number of carbonyl (C=O) groups is 3. The Morgan fingerprint density at radius 3 is 2.09 bits per heavy atom. The zero-order valence-electron chi connectivity index (χ0n) is 26.7. The molecule has 0 aliphatic carbocycles. The fourth-order valence-electron chi connectivity index (χ4n) is 5.18. The molecule has 2 unspecified atom stereocenters. The van der Waals surface area contributed by atoms with Gasteiger partial charge in [-0.3, -0.25) is 19.1 Å². The van der Waals surface area contributed by atoms with E-state index < -0.39 is 68.7 Å². The van der Waals surface area contributed by atoms with E-state index in [1.807, 2.05) is 0 Å². The highest BCUT2D eigenvalue weighted by Gasteiger charge is 2.47. The molecule has 2 amide bonds. The highest BCUT2D eigenvalue weighted by Crippen LogP contribution is 2.43. The quantitative estimate of drug-likeness (QED) is 0.0459. The van der Waals surface area contributed by atoms with E-state index in [0.29, 0.717) is 6.42 Å². The van der Waals surface area contributed by atoms with Gasteiger partial charge >= 0.3 is 13.6 Å². The van der Waals surface area contributed by atoms with Gasteiger partial charge < -0.3 is 40.5 Å². The molecule has 0 spiro atoms. The number of amides is 2. The highest BCUT2D eigenvalue weighted by molar-refractivity contribution is 7.52. The van der Waals surface area contributed by atoms with Gasteiger partial charge in [0, 0.05) is 26.4 Å². The van der Waals surface area contributed by atoms with Crippen molar-refractivity contribution in [3.05, 3.63) is 12.2 Å². The number of hydrogen-bond acceptors (Lipinski definition) is 9. The molecule has 0 bridgehead atoms. The van der Waals surface area contributed by atoms with Crippen LogP contribution in [-0.4, -0.2) is 110 Å². The van der Waals surface area contributed by atoms with Gasteiger partial charge in [-0.2, -0.15) is 0 Å². The lowest BCUT2D eigenvalue weighted by atomic mass is 10.0. The van der Waals surface area contributed by atoms with Crippen molar-refractivity contribution in [1.82, 2.24) is 15.5 Å². The number of unbranched alkanes of at least 4 members (excludes halogenated alkanes) is 9. The summed E-state index contributed by atoms with van der Waals surface area (Å²) in [5.41, 5.74) is -1.94. The molecule has 44 heavy (non-hydrogen) atoms. The molecule has 1 aliphatic heterocycles. The van der Waals surface area contributed by atoms with Crippen molar-refractivity contribution in [3.8, 4) is 0 Å². The second-order valence-corrected chi connectivity index (χ2v) is 13.9. The second kappa shape index (κ2) is 21.0. The molecule has 1 fully saturated rings. The van der Waals surface area contributed by atoms with Crippen LogP contribution >= 0.6 is 7.60 Å². The smallest absolute Gasteiger partial charge is 0.331 e. The molecule has 1 aliphatic rings. The Bertz CT molecular complexity index is 952. The molecule has 0 aromatic rings. The molecule has 0 radical (unpaired) electrons. The Balaban J connectivity index is 2.48. The van der Waals surface area contributed by atoms with Gasteiger partial charge in [-0.05, 0) is 39.0 Å². The number of hydrogen-bond donors (Lipinski definition) is 7. The summed E-state index contributed by atoms with van der Waals surface area (Å²) in [5, 5.41) is 45.0. The third-order valence-corrected chi connectivity index (χ3v) is 9.28. The maximum absolute atomic E-state index is 12.8. The number of likely N-dealkylation sites (tertiary alicyclic amines) is 1. The van der Waals surface area contributed by atoms with Crippen molar-refractivity contribution in [2.24, 2.45) is 0 Å². The van der Waals surface area contributed by atoms with Gasteiger partial charge in [0.05, 0.1) is 43.7 Å². The van der Waals surface area contributed by atoms with Gasteiger partial charge in [-0.15, -0.1) is 0 Å². The molecule has 6 atom stereocenters. The summed E-state index contributed by atoms with van der Waals surface area (Å²) in [6.45, 7) is 3.08. The number of aliphatic hydroxyl groups is 3. The van der Waals surface area contributed by atoms with E-state index in [1.165, 1.54) is 44.4 Å². The molecule has 0 saturated carbocycles. The number of aliphatic hydroxyl groups excluding tert-OH is 3. The molecule has 1 saturated heterocycles. The van der Waals surface area contributed by atoms with Crippen LogP contribution in [0.2, 0.25) is 0 Å². The van der Waals surface area contributed by atoms with E-state index in [4.69, 9.17) is 4.52 Å². The Labute approximate surface area is 262 Å². The van der Waals surface area contributed by atoms with Gasteiger partial charge in [0.25, 0.3) is 0 Å². The van der Waals surface area contributed by atoms with Crippen molar-refractivity contribution < 1.29 is 48.8 Å². The Hall–Kier alpha value is -1.86. The lowest BCUT2D eigenvalue weighted by Crippen LogP contribution is -2.55. The summed E-state index contributed by atoms with van der Waals surface area (Å²) in [7, 11) is -4.41. The summed E-state index contributed by atoms with van der Waals surface area (Å²) in [5.74, 6) is -2.30. The van der Waals surface area contributed by atoms with Crippen LogP contribution in [0, 0.1) is 0 Å². The molecule has 0 aromatic heterocycles. The number of carboxylic acids is 1. The minimum Gasteiger partial charge on any atom is -0.479 e. The van der Waals surface area contributed by atoms with E-state index in [0.717, 1.165) is 38.5 Å². The number of rotatable bonds is 24. The monoisotopic (exact) mass is 649 g/mol. The Morgan fingerprint density at radius 1 is 0.955 bits per heavy atom. The van der Waals surface area contributed by atoms with E-state index in [-0.39, 0.29) is 25.4 Å². The number of carboxylic acid groups (broad SMARTS) is 1. The minimum absolute atomic E-state index is 0.0691. The summed E-state index contributed by atoms with van der Waals surface area (Å²) in [4.78, 5) is 47.6. The van der Waals surface area contributed by atoms with Gasteiger partial charge in [0.15, 0.2) is 5.54 Å². The minimum atomic E-state index is -4.41. The summed E-state index contributed by atoms with van der Waals surface area (Å²) in [6, 6.07) is -1.79. The largest absolute Gasteiger partial charge is 0.479 e. The number of allylic oxidation sites excluding steroid dienone is 2. The van der Waals surface area contributed by atoms with Crippen LogP contribution in [0.15, 0.2) is 12.2 Å². The van der Waals surface area contributed by atoms with Gasteiger partial charge in [0.2, 0.25) is 11.8 Å². The van der Waals surface area contributed by atoms with Gasteiger partial charge in [-0.1, -0.05) is 57.6 Å². The molecule has 1 rings (SSSR count). The molecule has 13 nitrogen and oxygen atoms in total. The fourth-order valence-corrected chi connectivity index (χ4v) is 6.26. The van der Waals surface area contributed by atoms with Gasteiger partial charge in [-0.25, -0.2) is 4.79 Å². The number of nitrogens with one attached hydrogen (secondary N) is 2. The Morgan fingerprint density at radius 2 is 1.52 bits per heavy atom. The maximum atomic E-state index is 12.8. The van der Waals surface area contributed by atoms with E-state index in [9.17, 15) is 44.3 Å². The maximum Gasteiger partial charge on any atom is 0.331 e. The molecule has 14 heteroatoms. The lowest BCUT2D eigenvalue weighted by molar-refractivity contribution is -0.148. The van der Waals surface area contributed by atoms with Crippen LogP contribution in [0.3, 0.4) is 0 Å². The van der Waals surface area contributed by atoms with Crippen molar-refractivity contribution in [2.45, 2.75) is 128 Å². The molecule has 0 aromatic carbocycles. The summed E-state index contributed by atoms with van der Waals surface area (Å²) in [6.07, 6.45) is 13.2. The van der Waals surface area contributed by atoms with Crippen LogP contribution in [0.1, 0.15) is 97.8 Å². The third-order valence-electron chi connectivity index (χ3n) is 7.99. The third kappa shape index (κ3) is 14.9. The zero-order valence-corrected chi connectivity index (χ0v) is 27.6. The predicted molar refractivity (Wildman–Crippen MR) is 167 cm³/mol. The molecular weight excluding hydrogens is 593 g/mol. The number of nitrogens with zero attached hydrogens (tertiary/aromatic N) is 1. The average molecular weight is 650 g/mol. The molecule has 7 N–H and O–H groups in total. The van der Waals surface area contributed by atoms with Crippen molar-refractivity contribution >= 4 is 25.4 Å². The second-order valence-electron chi connectivity index (χ2n) is 11.9. The number of carbonyl (C=O) groups excluding carboxylic acids is 2. The van der Waals surface area contributed by atoms with Crippen LogP contribution < -0.4 is 10.6 Å². The van der Waals surface area contributed by atoms with E-state index >= 15 is 0 Å². The first kappa shape index (κ1) is 40.2. The molecule has 1 heterocycles. The van der Waals surface area contributed by atoms with Crippen LogP contribution in [0.25, 0.3) is 0 Å². The van der Waals surface area contributed by atoms with E-state index in [2.05, 4.69) is 29.7 Å². The van der Waals surface area contributed by atoms with Crippen molar-refractivity contribution in [3.63, 3.8) is 0 Å². The first-order chi connectivity index (χ1) is 20.8. The lowest BCUT2D eigenvalue weighted by Gasteiger charge is -2.31. The zero-order chi connectivity index (χ0) is 33.2. The van der Waals surface area contributed by atoms with E-state index in [1.54, 1.807) is 0 Å². The highest BCUT2D eigenvalue weighted by atomic mass is 31.2. The van der Waals surface area contributed by atoms with Gasteiger partial charge in [0.1, 0.15) is 0 Å². The predicted octanol–water partition coefficient (Wildman–Crippen LogP) is 2.31. The topological polar surface area (TPSA) is 206 Å². The fraction of sp³-hybridized carbons (Fsp3) is 0.833. The normalized spacial score (nSPS) is 23.3. The van der Waals surface area contributed by atoms with Crippen molar-refractivity contribution in [2.75, 3.05) is 32.5 Å². The molecular formula is C30H56N3O10P. The summed E-state index contributed by atoms with van der Waals surface area (Å²) >= 11 is 0. The average Bonchev–Trinajstić information content (AvgIpc) is 3.19.